The van der Waals surface area contributed by atoms with Gasteiger partial charge in [0.05, 0.1) is 17.8 Å². The minimum Gasteiger partial charge on any atom is -0.381 e. The van der Waals surface area contributed by atoms with Gasteiger partial charge in [-0.1, -0.05) is 18.2 Å². The molecular formula is C28H40N6O3. The third-order valence-electron chi connectivity index (χ3n) is 8.52. The summed E-state index contributed by atoms with van der Waals surface area (Å²) in [6.07, 6.45) is 2.24. The molecule has 1 unspecified atom stereocenters. The summed E-state index contributed by atoms with van der Waals surface area (Å²) in [6, 6.07) is 7.95. The summed E-state index contributed by atoms with van der Waals surface area (Å²) in [6.45, 7) is 15.2. The van der Waals surface area contributed by atoms with Gasteiger partial charge in [-0.25, -0.2) is 4.79 Å². The molecule has 200 valence electrons. The number of aryl methyl sites for hydroxylation is 1. The third kappa shape index (κ3) is 4.86. The van der Waals surface area contributed by atoms with Gasteiger partial charge in [0.1, 0.15) is 0 Å². The number of nitrogens with zero attached hydrogens (tertiary/aromatic N) is 4. The first-order valence-electron chi connectivity index (χ1n) is 13.5. The smallest absolute Gasteiger partial charge is 0.321 e. The van der Waals surface area contributed by atoms with E-state index in [0.717, 1.165) is 56.0 Å². The van der Waals surface area contributed by atoms with Crippen LogP contribution in [0.25, 0.3) is 0 Å². The van der Waals surface area contributed by atoms with Crippen molar-refractivity contribution in [3.63, 3.8) is 0 Å². The third-order valence-corrected chi connectivity index (χ3v) is 8.52. The molecule has 2 N–H and O–H groups in total. The molecule has 0 spiro atoms. The average molecular weight is 509 g/mol. The van der Waals surface area contributed by atoms with Crippen LogP contribution in [-0.2, 0) is 16.8 Å². The fraction of sp³-hybridized carbons (Fsp3) is 0.607. The summed E-state index contributed by atoms with van der Waals surface area (Å²) in [5, 5.41) is 10.5. The van der Waals surface area contributed by atoms with Gasteiger partial charge in [0.2, 0.25) is 0 Å². The molecule has 9 nitrogen and oxygen atoms in total. The predicted molar refractivity (Wildman–Crippen MR) is 142 cm³/mol. The van der Waals surface area contributed by atoms with Gasteiger partial charge < -0.3 is 19.9 Å². The maximum Gasteiger partial charge on any atom is 0.321 e. The van der Waals surface area contributed by atoms with Gasteiger partial charge >= 0.3 is 6.03 Å². The lowest BCUT2D eigenvalue weighted by atomic mass is 9.97. The Bertz CT molecular complexity index is 1150. The Morgan fingerprint density at radius 3 is 2.59 bits per heavy atom. The highest BCUT2D eigenvalue weighted by molar-refractivity contribution is 6.05. The van der Waals surface area contributed by atoms with Gasteiger partial charge in [-0.15, -0.1) is 0 Å². The largest absolute Gasteiger partial charge is 0.381 e. The molecule has 2 fully saturated rings. The summed E-state index contributed by atoms with van der Waals surface area (Å²) in [5.74, 6) is 0.974. The normalized spacial score (nSPS) is 24.2. The number of carbonyl (C=O) groups excluding carboxylic acids is 2. The molecule has 37 heavy (non-hydrogen) atoms. The van der Waals surface area contributed by atoms with E-state index in [1.165, 1.54) is 0 Å². The van der Waals surface area contributed by atoms with Crippen LogP contribution in [0.2, 0.25) is 0 Å². The number of rotatable bonds is 4. The highest BCUT2D eigenvalue weighted by Gasteiger charge is 2.47. The molecule has 2 saturated heterocycles. The number of aromatic nitrogens is 2. The van der Waals surface area contributed by atoms with Gasteiger partial charge in [-0.05, 0) is 65.0 Å². The Labute approximate surface area is 219 Å². The summed E-state index contributed by atoms with van der Waals surface area (Å²) in [7, 11) is 0. The van der Waals surface area contributed by atoms with Crippen molar-refractivity contribution in [2.24, 2.45) is 5.92 Å². The number of ether oxygens (including phenoxy) is 1. The predicted octanol–water partition coefficient (Wildman–Crippen LogP) is 3.96. The molecule has 5 rings (SSSR count). The second-order valence-corrected chi connectivity index (χ2v) is 11.5. The van der Waals surface area contributed by atoms with E-state index in [4.69, 9.17) is 4.74 Å². The lowest BCUT2D eigenvalue weighted by Crippen LogP contribution is -2.62. The van der Waals surface area contributed by atoms with E-state index < -0.39 is 5.54 Å². The molecule has 9 heteroatoms. The lowest BCUT2D eigenvalue weighted by molar-refractivity contribution is 0.00882. The van der Waals surface area contributed by atoms with Crippen LogP contribution in [0.5, 0.6) is 0 Å². The van der Waals surface area contributed by atoms with E-state index in [1.54, 1.807) is 0 Å². The van der Waals surface area contributed by atoms with E-state index in [9.17, 15) is 9.59 Å². The number of hydrogen-bond donors (Lipinski definition) is 2. The summed E-state index contributed by atoms with van der Waals surface area (Å²) in [5.41, 5.74) is 2.71. The zero-order valence-corrected chi connectivity index (χ0v) is 22.7. The van der Waals surface area contributed by atoms with Crippen molar-refractivity contribution in [1.29, 1.82) is 0 Å². The van der Waals surface area contributed by atoms with Crippen LogP contribution in [0, 0.1) is 12.8 Å². The minimum absolute atomic E-state index is 0.0378. The van der Waals surface area contributed by atoms with Crippen molar-refractivity contribution >= 4 is 17.8 Å². The first kappa shape index (κ1) is 25.7. The molecule has 3 aliphatic rings. The van der Waals surface area contributed by atoms with Gasteiger partial charge in [0, 0.05) is 56.1 Å². The van der Waals surface area contributed by atoms with Crippen molar-refractivity contribution in [1.82, 2.24) is 24.9 Å². The number of piperazine rings is 1. The second-order valence-electron chi connectivity index (χ2n) is 11.5. The molecule has 0 aliphatic carbocycles. The van der Waals surface area contributed by atoms with Crippen LogP contribution in [-0.4, -0.2) is 81.8 Å². The number of carbonyl (C=O) groups is 2. The number of nitrogens with one attached hydrogen (secondary N) is 2. The maximum atomic E-state index is 13.9. The zero-order chi connectivity index (χ0) is 26.3. The molecular weight excluding hydrogens is 468 g/mol. The molecule has 2 atom stereocenters. The topological polar surface area (TPSA) is 93.8 Å². The van der Waals surface area contributed by atoms with E-state index in [-0.39, 0.29) is 18.0 Å². The van der Waals surface area contributed by atoms with Gasteiger partial charge in [0.15, 0.2) is 5.82 Å². The fourth-order valence-electron chi connectivity index (χ4n) is 6.06. The van der Waals surface area contributed by atoms with Crippen LogP contribution in [0.15, 0.2) is 24.3 Å². The Hall–Kier alpha value is -2.91. The number of benzene rings is 1. The maximum absolute atomic E-state index is 13.9. The van der Waals surface area contributed by atoms with E-state index in [2.05, 4.69) is 34.3 Å². The van der Waals surface area contributed by atoms with E-state index >= 15 is 0 Å². The fourth-order valence-corrected chi connectivity index (χ4v) is 6.06. The van der Waals surface area contributed by atoms with E-state index in [1.807, 2.05) is 54.8 Å². The van der Waals surface area contributed by atoms with Gasteiger partial charge in [-0.3, -0.25) is 14.8 Å². The number of H-pyrrole nitrogens is 1. The SMILES string of the molecule is Cc1ccccc1C(=O)Nc1n[nH]c2c1CN(C(=O)N1CC(C)N(CC3CCOCC3)C[C@@H]1C)C2(C)C. The molecule has 0 saturated carbocycles. The molecule has 1 aromatic carbocycles. The monoisotopic (exact) mass is 508 g/mol. The molecule has 3 aliphatic heterocycles. The van der Waals surface area contributed by atoms with Crippen LogP contribution in [0.3, 0.4) is 0 Å². The van der Waals surface area contributed by atoms with Crippen molar-refractivity contribution in [2.45, 2.75) is 71.6 Å². The Balaban J connectivity index is 1.27. The Morgan fingerprint density at radius 1 is 1.14 bits per heavy atom. The quantitative estimate of drug-likeness (QED) is 0.652. The van der Waals surface area contributed by atoms with Gasteiger partial charge in [-0.2, -0.15) is 5.10 Å². The van der Waals surface area contributed by atoms with Crippen LogP contribution in [0.4, 0.5) is 10.6 Å². The zero-order valence-electron chi connectivity index (χ0n) is 22.7. The molecule has 3 amide bonds. The lowest BCUT2D eigenvalue weighted by Gasteiger charge is -2.47. The summed E-state index contributed by atoms with van der Waals surface area (Å²) >= 11 is 0. The molecule has 0 radical (unpaired) electrons. The Kier molecular flexibility index (Phi) is 7.02. The molecule has 4 heterocycles. The van der Waals surface area contributed by atoms with E-state index in [0.29, 0.717) is 36.4 Å². The van der Waals surface area contributed by atoms with Crippen LogP contribution >= 0.6 is 0 Å². The minimum atomic E-state index is -0.562. The molecule has 1 aromatic heterocycles. The highest BCUT2D eigenvalue weighted by Crippen LogP contribution is 2.41. The van der Waals surface area contributed by atoms with Crippen LogP contribution < -0.4 is 5.32 Å². The average Bonchev–Trinajstić information content (AvgIpc) is 3.39. The Morgan fingerprint density at radius 2 is 1.86 bits per heavy atom. The number of aromatic amines is 1. The van der Waals surface area contributed by atoms with Gasteiger partial charge in [0.25, 0.3) is 5.91 Å². The van der Waals surface area contributed by atoms with Crippen molar-refractivity contribution in [2.75, 3.05) is 38.2 Å². The first-order valence-corrected chi connectivity index (χ1v) is 13.5. The first-order chi connectivity index (χ1) is 17.7. The van der Waals surface area contributed by atoms with Crippen molar-refractivity contribution in [3.05, 3.63) is 46.6 Å². The number of anilines is 1. The number of urea groups is 1. The molecule has 0 bridgehead atoms. The number of hydrogen-bond acceptors (Lipinski definition) is 5. The summed E-state index contributed by atoms with van der Waals surface area (Å²) in [4.78, 5) is 33.4. The van der Waals surface area contributed by atoms with Crippen molar-refractivity contribution in [3.8, 4) is 0 Å². The van der Waals surface area contributed by atoms with Crippen LogP contribution in [0.1, 0.15) is 67.7 Å². The molecule has 2 aromatic rings. The number of amides is 3. The highest BCUT2D eigenvalue weighted by atomic mass is 16.5. The standard InChI is InChI=1S/C28H40N6O3/c1-18-8-6-7-9-22(18)26(35)29-25-23-17-34(28(4,5)24(23)30-31-25)27(36)33-15-19(2)32(14-20(33)3)16-21-10-12-37-13-11-21/h6-9,19-21H,10-17H2,1-5H3,(H2,29,30,31,35)/t19?,20-/m0/s1. The second kappa shape index (κ2) is 10.1. The van der Waals surface area contributed by atoms with Crippen molar-refractivity contribution < 1.29 is 14.3 Å². The summed E-state index contributed by atoms with van der Waals surface area (Å²) < 4.78 is 5.53. The number of fused-ring (bicyclic) bond motifs is 1.